The Morgan fingerprint density at radius 1 is 1.56 bits per heavy atom. The highest BCUT2D eigenvalue weighted by Crippen LogP contribution is 2.29. The van der Waals surface area contributed by atoms with Gasteiger partial charge in [0, 0.05) is 0 Å². The van der Waals surface area contributed by atoms with Crippen LogP contribution in [0.3, 0.4) is 0 Å². The van der Waals surface area contributed by atoms with Crippen LogP contribution >= 0.6 is 24.0 Å². The van der Waals surface area contributed by atoms with E-state index < -0.39 is 4.92 Å². The Bertz CT molecular complexity index is 376. The van der Waals surface area contributed by atoms with Gasteiger partial charge in [-0.1, -0.05) is 11.6 Å². The Morgan fingerprint density at radius 3 is 2.69 bits per heavy atom. The summed E-state index contributed by atoms with van der Waals surface area (Å²) in [5.74, 6) is 0. The van der Waals surface area contributed by atoms with Gasteiger partial charge in [0.1, 0.15) is 6.20 Å². The lowest BCUT2D eigenvalue weighted by Crippen LogP contribution is -2.29. The lowest BCUT2D eigenvalue weighted by atomic mass is 10.1. The van der Waals surface area contributed by atoms with Crippen LogP contribution in [0.4, 0.5) is 5.69 Å². The van der Waals surface area contributed by atoms with E-state index in [1.54, 1.807) is 4.68 Å². The Labute approximate surface area is 104 Å². The second kappa shape index (κ2) is 5.47. The summed E-state index contributed by atoms with van der Waals surface area (Å²) in [5, 5.41) is 17.9. The first-order valence-corrected chi connectivity index (χ1v) is 5.16. The van der Waals surface area contributed by atoms with Gasteiger partial charge in [0.25, 0.3) is 0 Å². The molecule has 0 radical (unpaired) electrons. The van der Waals surface area contributed by atoms with Gasteiger partial charge < -0.3 is 5.32 Å². The maximum atomic E-state index is 10.6. The van der Waals surface area contributed by atoms with E-state index in [9.17, 15) is 10.1 Å². The molecule has 1 aromatic rings. The minimum absolute atomic E-state index is 0. The van der Waals surface area contributed by atoms with Crippen molar-refractivity contribution in [2.75, 3.05) is 13.1 Å². The highest BCUT2D eigenvalue weighted by atomic mass is 35.5. The van der Waals surface area contributed by atoms with Crippen LogP contribution in [0.2, 0.25) is 5.15 Å². The van der Waals surface area contributed by atoms with E-state index >= 15 is 0 Å². The van der Waals surface area contributed by atoms with Gasteiger partial charge in [0.05, 0.1) is 11.0 Å². The average molecular weight is 267 g/mol. The van der Waals surface area contributed by atoms with Gasteiger partial charge in [-0.2, -0.15) is 5.10 Å². The summed E-state index contributed by atoms with van der Waals surface area (Å²) in [4.78, 5) is 10.1. The quantitative estimate of drug-likeness (QED) is 0.655. The second-order valence-electron chi connectivity index (χ2n) is 3.50. The van der Waals surface area contributed by atoms with Crippen molar-refractivity contribution >= 4 is 29.7 Å². The van der Waals surface area contributed by atoms with Gasteiger partial charge in [-0.3, -0.25) is 10.1 Å². The molecule has 2 rings (SSSR count). The van der Waals surface area contributed by atoms with Gasteiger partial charge in [-0.15, -0.1) is 12.4 Å². The van der Waals surface area contributed by atoms with Crippen molar-refractivity contribution in [3.8, 4) is 0 Å². The fraction of sp³-hybridized carbons (Fsp3) is 0.625. The normalized spacial score (nSPS) is 16.8. The SMILES string of the molecule is Cl.O=[N+]([O-])c1cnn(C2CCNCC2)c1Cl. The third-order valence-corrected chi connectivity index (χ3v) is 2.93. The first kappa shape index (κ1) is 13.2. The fourth-order valence-corrected chi connectivity index (χ4v) is 2.07. The number of hydrogen-bond acceptors (Lipinski definition) is 4. The van der Waals surface area contributed by atoms with Gasteiger partial charge in [-0.25, -0.2) is 4.68 Å². The van der Waals surface area contributed by atoms with Crippen LogP contribution < -0.4 is 5.32 Å². The number of nitro groups is 1. The first-order valence-electron chi connectivity index (χ1n) is 4.78. The van der Waals surface area contributed by atoms with E-state index in [-0.39, 0.29) is 29.3 Å². The Balaban J connectivity index is 0.00000128. The minimum Gasteiger partial charge on any atom is -0.317 e. The van der Waals surface area contributed by atoms with Crippen molar-refractivity contribution in [3.05, 3.63) is 21.5 Å². The largest absolute Gasteiger partial charge is 0.325 e. The van der Waals surface area contributed by atoms with Crippen LogP contribution in [0.25, 0.3) is 0 Å². The number of nitrogens with one attached hydrogen (secondary N) is 1. The highest BCUT2D eigenvalue weighted by Gasteiger charge is 2.24. The average Bonchev–Trinajstić information content (AvgIpc) is 2.61. The lowest BCUT2D eigenvalue weighted by molar-refractivity contribution is -0.384. The van der Waals surface area contributed by atoms with E-state index in [1.165, 1.54) is 6.20 Å². The topological polar surface area (TPSA) is 73.0 Å². The summed E-state index contributed by atoms with van der Waals surface area (Å²) in [6.07, 6.45) is 3.02. The molecule has 1 aromatic heterocycles. The zero-order valence-corrected chi connectivity index (χ0v) is 10.00. The zero-order valence-electron chi connectivity index (χ0n) is 8.43. The summed E-state index contributed by atoms with van der Waals surface area (Å²) < 4.78 is 1.56. The molecule has 0 amide bonds. The molecule has 0 unspecified atom stereocenters. The summed E-state index contributed by atoms with van der Waals surface area (Å²) >= 11 is 5.89. The van der Waals surface area contributed by atoms with Crippen LogP contribution in [0.15, 0.2) is 6.20 Å². The number of hydrogen-bond donors (Lipinski definition) is 1. The van der Waals surface area contributed by atoms with Crippen LogP contribution in [-0.2, 0) is 0 Å². The number of nitrogens with zero attached hydrogens (tertiary/aromatic N) is 3. The predicted molar refractivity (Wildman–Crippen MR) is 62.3 cm³/mol. The molecular weight excluding hydrogens is 255 g/mol. The molecule has 2 heterocycles. The Kier molecular flexibility index (Phi) is 4.52. The molecule has 8 heteroatoms. The van der Waals surface area contributed by atoms with E-state index in [0.717, 1.165) is 25.9 Å². The highest BCUT2D eigenvalue weighted by molar-refractivity contribution is 6.31. The van der Waals surface area contributed by atoms with Crippen LogP contribution in [0.1, 0.15) is 18.9 Å². The molecule has 0 aliphatic carbocycles. The van der Waals surface area contributed by atoms with Crippen molar-refractivity contribution in [2.24, 2.45) is 0 Å². The molecule has 0 spiro atoms. The predicted octanol–water partition coefficient (Wildman–Crippen LogP) is 1.79. The molecular formula is C8H12Cl2N4O2. The van der Waals surface area contributed by atoms with E-state index in [4.69, 9.17) is 11.6 Å². The third kappa shape index (κ3) is 2.45. The zero-order chi connectivity index (χ0) is 10.8. The van der Waals surface area contributed by atoms with E-state index in [1.807, 2.05) is 0 Å². The molecule has 1 N–H and O–H groups in total. The van der Waals surface area contributed by atoms with E-state index in [2.05, 4.69) is 10.4 Å². The summed E-state index contributed by atoms with van der Waals surface area (Å²) in [7, 11) is 0. The molecule has 0 saturated carbocycles. The molecule has 90 valence electrons. The van der Waals surface area contributed by atoms with Crippen LogP contribution in [-0.4, -0.2) is 27.8 Å². The first-order chi connectivity index (χ1) is 7.20. The standard InChI is InChI=1S/C8H11ClN4O2.ClH/c9-8-7(13(14)15)5-11-12(8)6-1-3-10-4-2-6;/h5-6,10H,1-4H2;1H. The van der Waals surface area contributed by atoms with Crippen LogP contribution in [0, 0.1) is 10.1 Å². The lowest BCUT2D eigenvalue weighted by Gasteiger charge is -2.23. The number of piperidine rings is 1. The minimum atomic E-state index is -0.507. The second-order valence-corrected chi connectivity index (χ2v) is 3.86. The molecule has 1 aliphatic heterocycles. The van der Waals surface area contributed by atoms with E-state index in [0.29, 0.717) is 0 Å². The molecule has 6 nitrogen and oxygen atoms in total. The molecule has 0 aromatic carbocycles. The number of aromatic nitrogens is 2. The van der Waals surface area contributed by atoms with Gasteiger partial charge in [0.2, 0.25) is 5.15 Å². The molecule has 0 bridgehead atoms. The molecule has 1 fully saturated rings. The fourth-order valence-electron chi connectivity index (χ4n) is 1.77. The number of halogens is 2. The molecule has 16 heavy (non-hydrogen) atoms. The smallest absolute Gasteiger partial charge is 0.317 e. The number of rotatable bonds is 2. The molecule has 0 atom stereocenters. The van der Waals surface area contributed by atoms with Gasteiger partial charge in [0.15, 0.2) is 0 Å². The summed E-state index contributed by atoms with van der Waals surface area (Å²) in [6.45, 7) is 1.79. The van der Waals surface area contributed by atoms with Crippen molar-refractivity contribution in [2.45, 2.75) is 18.9 Å². The monoisotopic (exact) mass is 266 g/mol. The van der Waals surface area contributed by atoms with Gasteiger partial charge >= 0.3 is 5.69 Å². The van der Waals surface area contributed by atoms with Crippen LogP contribution in [0.5, 0.6) is 0 Å². The Hall–Kier alpha value is -0.850. The van der Waals surface area contributed by atoms with Gasteiger partial charge in [-0.05, 0) is 25.9 Å². The molecule has 1 aliphatic rings. The summed E-state index contributed by atoms with van der Waals surface area (Å²) in [6, 6.07) is 0.174. The van der Waals surface area contributed by atoms with Crippen molar-refractivity contribution in [3.63, 3.8) is 0 Å². The third-order valence-electron chi connectivity index (χ3n) is 2.57. The van der Waals surface area contributed by atoms with Crippen molar-refractivity contribution in [1.82, 2.24) is 15.1 Å². The molecule has 1 saturated heterocycles. The Morgan fingerprint density at radius 2 is 2.19 bits per heavy atom. The maximum absolute atomic E-state index is 10.6. The van der Waals surface area contributed by atoms with Crippen molar-refractivity contribution in [1.29, 1.82) is 0 Å². The maximum Gasteiger partial charge on any atom is 0.325 e. The summed E-state index contributed by atoms with van der Waals surface area (Å²) in [5.41, 5.74) is -0.116. The van der Waals surface area contributed by atoms with Crippen molar-refractivity contribution < 1.29 is 4.92 Å².